The van der Waals surface area contributed by atoms with Crippen LogP contribution in [-0.4, -0.2) is 40.5 Å². The zero-order chi connectivity index (χ0) is 13.2. The van der Waals surface area contributed by atoms with Gasteiger partial charge in [-0.25, -0.2) is 9.97 Å². The highest BCUT2D eigenvalue weighted by molar-refractivity contribution is 5.45. The smallest absolute Gasteiger partial charge is 0.136 e. The average Bonchev–Trinajstić information content (AvgIpc) is 3.15. The molecular formula is C14H23N5. The van der Waals surface area contributed by atoms with Crippen molar-refractivity contribution in [3.05, 3.63) is 11.9 Å². The number of likely N-dealkylation sites (tertiary alicyclic amines) is 1. The minimum atomic E-state index is 0.544. The molecule has 3 rings (SSSR count). The molecule has 2 aliphatic rings. The van der Waals surface area contributed by atoms with E-state index >= 15 is 0 Å². The summed E-state index contributed by atoms with van der Waals surface area (Å²) < 4.78 is 0. The maximum Gasteiger partial charge on any atom is 0.136 e. The molecular weight excluding hydrogens is 238 g/mol. The van der Waals surface area contributed by atoms with Crippen molar-refractivity contribution < 1.29 is 0 Å². The summed E-state index contributed by atoms with van der Waals surface area (Å²) in [5, 5.41) is 3.44. The van der Waals surface area contributed by atoms with Crippen LogP contribution in [0.4, 0.5) is 11.6 Å². The molecule has 5 heteroatoms. The van der Waals surface area contributed by atoms with Gasteiger partial charge in [0.1, 0.15) is 17.5 Å². The van der Waals surface area contributed by atoms with E-state index in [-0.39, 0.29) is 0 Å². The quantitative estimate of drug-likeness (QED) is 0.846. The van der Waals surface area contributed by atoms with Crippen LogP contribution in [0.25, 0.3) is 0 Å². The average molecular weight is 261 g/mol. The molecule has 1 aliphatic carbocycles. The van der Waals surface area contributed by atoms with Gasteiger partial charge in [0.2, 0.25) is 0 Å². The number of nitrogens with two attached hydrogens (primary N) is 1. The van der Waals surface area contributed by atoms with Gasteiger partial charge in [0, 0.05) is 24.6 Å². The van der Waals surface area contributed by atoms with Gasteiger partial charge in [-0.15, -0.1) is 0 Å². The molecule has 104 valence electrons. The van der Waals surface area contributed by atoms with Crippen molar-refractivity contribution in [1.29, 1.82) is 0 Å². The fourth-order valence-corrected chi connectivity index (χ4v) is 2.86. The van der Waals surface area contributed by atoms with Crippen molar-refractivity contribution in [2.45, 2.75) is 44.6 Å². The summed E-state index contributed by atoms with van der Waals surface area (Å²) in [6.07, 6.45) is 4.99. The van der Waals surface area contributed by atoms with E-state index < -0.39 is 0 Å². The Hall–Kier alpha value is -1.36. The summed E-state index contributed by atoms with van der Waals surface area (Å²) >= 11 is 0. The molecule has 19 heavy (non-hydrogen) atoms. The van der Waals surface area contributed by atoms with E-state index in [2.05, 4.69) is 27.1 Å². The first-order chi connectivity index (χ1) is 9.26. The SMILES string of the molecule is CCN1CCCC1CNc1cc(N)nc(C2CC2)n1. The maximum atomic E-state index is 5.86. The minimum Gasteiger partial charge on any atom is -0.384 e. The predicted octanol–water partition coefficient (Wildman–Crippen LogP) is 1.83. The Balaban J connectivity index is 1.63. The Morgan fingerprint density at radius 2 is 2.21 bits per heavy atom. The van der Waals surface area contributed by atoms with Gasteiger partial charge in [-0.2, -0.15) is 0 Å². The van der Waals surface area contributed by atoms with E-state index in [1.165, 1.54) is 32.2 Å². The van der Waals surface area contributed by atoms with Crippen LogP contribution < -0.4 is 11.1 Å². The zero-order valence-electron chi connectivity index (χ0n) is 11.6. The number of anilines is 2. The monoisotopic (exact) mass is 261 g/mol. The first-order valence-corrected chi connectivity index (χ1v) is 7.38. The first-order valence-electron chi connectivity index (χ1n) is 7.38. The number of aromatic nitrogens is 2. The van der Waals surface area contributed by atoms with Crippen molar-refractivity contribution >= 4 is 11.6 Å². The second kappa shape index (κ2) is 5.33. The van der Waals surface area contributed by atoms with E-state index in [0.29, 0.717) is 17.8 Å². The Morgan fingerprint density at radius 3 is 2.95 bits per heavy atom. The topological polar surface area (TPSA) is 67.1 Å². The molecule has 1 aromatic rings. The lowest BCUT2D eigenvalue weighted by atomic mass is 10.2. The third-order valence-corrected chi connectivity index (χ3v) is 4.13. The summed E-state index contributed by atoms with van der Waals surface area (Å²) in [6, 6.07) is 2.47. The Kier molecular flexibility index (Phi) is 3.55. The molecule has 1 saturated heterocycles. The van der Waals surface area contributed by atoms with E-state index in [1.807, 2.05) is 6.07 Å². The van der Waals surface area contributed by atoms with Crippen LogP contribution in [0.2, 0.25) is 0 Å². The Labute approximate surface area is 114 Å². The Bertz CT molecular complexity index is 443. The van der Waals surface area contributed by atoms with Crippen LogP contribution in [0, 0.1) is 0 Å². The van der Waals surface area contributed by atoms with E-state index in [9.17, 15) is 0 Å². The third-order valence-electron chi connectivity index (χ3n) is 4.13. The van der Waals surface area contributed by atoms with Crippen LogP contribution in [0.1, 0.15) is 44.3 Å². The number of nitrogen functional groups attached to an aromatic ring is 1. The minimum absolute atomic E-state index is 0.544. The summed E-state index contributed by atoms with van der Waals surface area (Å²) in [4.78, 5) is 11.4. The summed E-state index contributed by atoms with van der Waals surface area (Å²) in [5.41, 5.74) is 5.86. The van der Waals surface area contributed by atoms with Crippen LogP contribution >= 0.6 is 0 Å². The molecule has 1 atom stereocenters. The normalized spacial score (nSPS) is 23.7. The summed E-state index contributed by atoms with van der Waals surface area (Å²) in [5.74, 6) is 2.93. The number of nitrogens with zero attached hydrogens (tertiary/aromatic N) is 3. The van der Waals surface area contributed by atoms with Crippen molar-refractivity contribution in [1.82, 2.24) is 14.9 Å². The van der Waals surface area contributed by atoms with Crippen molar-refractivity contribution in [3.8, 4) is 0 Å². The molecule has 0 bridgehead atoms. The standard InChI is InChI=1S/C14H23N5/c1-2-19-7-3-4-11(19)9-16-13-8-12(15)17-14(18-13)10-5-6-10/h8,10-11H,2-7,9H2,1H3,(H3,15,16,17,18). The lowest BCUT2D eigenvalue weighted by molar-refractivity contribution is 0.277. The molecule has 2 heterocycles. The van der Waals surface area contributed by atoms with Crippen molar-refractivity contribution in [2.75, 3.05) is 30.7 Å². The molecule has 2 fully saturated rings. The Morgan fingerprint density at radius 1 is 1.37 bits per heavy atom. The number of rotatable bonds is 5. The number of likely N-dealkylation sites (N-methyl/N-ethyl adjacent to an activating group) is 1. The molecule has 0 amide bonds. The fraction of sp³-hybridized carbons (Fsp3) is 0.714. The highest BCUT2D eigenvalue weighted by Crippen LogP contribution is 2.38. The van der Waals surface area contributed by atoms with Gasteiger partial charge in [0.15, 0.2) is 0 Å². The number of hydrogen-bond donors (Lipinski definition) is 2. The lowest BCUT2D eigenvalue weighted by Gasteiger charge is -2.23. The molecule has 0 spiro atoms. The molecule has 5 nitrogen and oxygen atoms in total. The van der Waals surface area contributed by atoms with Crippen LogP contribution in [-0.2, 0) is 0 Å². The fourth-order valence-electron chi connectivity index (χ4n) is 2.86. The van der Waals surface area contributed by atoms with Gasteiger partial charge < -0.3 is 11.1 Å². The van der Waals surface area contributed by atoms with Gasteiger partial charge in [-0.05, 0) is 38.8 Å². The molecule has 0 aromatic carbocycles. The van der Waals surface area contributed by atoms with Crippen LogP contribution in [0.15, 0.2) is 6.07 Å². The van der Waals surface area contributed by atoms with E-state index in [0.717, 1.165) is 24.7 Å². The van der Waals surface area contributed by atoms with Gasteiger partial charge in [0.25, 0.3) is 0 Å². The summed E-state index contributed by atoms with van der Waals surface area (Å²) in [6.45, 7) is 5.54. The largest absolute Gasteiger partial charge is 0.384 e. The number of nitrogens with one attached hydrogen (secondary N) is 1. The van der Waals surface area contributed by atoms with Crippen LogP contribution in [0.5, 0.6) is 0 Å². The van der Waals surface area contributed by atoms with Gasteiger partial charge in [-0.1, -0.05) is 6.92 Å². The van der Waals surface area contributed by atoms with Crippen molar-refractivity contribution in [3.63, 3.8) is 0 Å². The predicted molar refractivity (Wildman–Crippen MR) is 77.2 cm³/mol. The highest BCUT2D eigenvalue weighted by atomic mass is 15.2. The second-order valence-corrected chi connectivity index (χ2v) is 5.62. The first kappa shape index (κ1) is 12.7. The van der Waals surface area contributed by atoms with E-state index in [4.69, 9.17) is 5.73 Å². The lowest BCUT2D eigenvalue weighted by Crippen LogP contribution is -2.34. The molecule has 1 aliphatic heterocycles. The molecule has 1 saturated carbocycles. The molecule has 3 N–H and O–H groups in total. The molecule has 0 radical (unpaired) electrons. The zero-order valence-corrected chi connectivity index (χ0v) is 11.6. The second-order valence-electron chi connectivity index (χ2n) is 5.62. The third kappa shape index (κ3) is 2.97. The van der Waals surface area contributed by atoms with Crippen molar-refractivity contribution in [2.24, 2.45) is 0 Å². The number of hydrogen-bond acceptors (Lipinski definition) is 5. The highest BCUT2D eigenvalue weighted by Gasteiger charge is 2.27. The summed E-state index contributed by atoms with van der Waals surface area (Å²) in [7, 11) is 0. The van der Waals surface area contributed by atoms with E-state index in [1.54, 1.807) is 0 Å². The van der Waals surface area contributed by atoms with Crippen LogP contribution in [0.3, 0.4) is 0 Å². The van der Waals surface area contributed by atoms with Gasteiger partial charge in [0.05, 0.1) is 0 Å². The maximum absolute atomic E-state index is 5.86. The molecule has 1 unspecified atom stereocenters. The van der Waals surface area contributed by atoms with Gasteiger partial charge >= 0.3 is 0 Å². The molecule has 1 aromatic heterocycles. The van der Waals surface area contributed by atoms with Gasteiger partial charge in [-0.3, -0.25) is 4.90 Å².